The van der Waals surface area contributed by atoms with E-state index in [1.807, 2.05) is 10.3 Å². The van der Waals surface area contributed by atoms with E-state index < -0.39 is 10.0 Å². The number of fused-ring (bicyclic) bond motifs is 1. The summed E-state index contributed by atoms with van der Waals surface area (Å²) in [6, 6.07) is 3.14. The van der Waals surface area contributed by atoms with Gasteiger partial charge >= 0.3 is 0 Å². The van der Waals surface area contributed by atoms with E-state index >= 15 is 0 Å². The van der Waals surface area contributed by atoms with Crippen LogP contribution in [0.5, 0.6) is 0 Å². The molecule has 0 aromatic carbocycles. The second-order valence-corrected chi connectivity index (χ2v) is 8.64. The van der Waals surface area contributed by atoms with Gasteiger partial charge in [-0.25, -0.2) is 8.42 Å². The third-order valence-electron chi connectivity index (χ3n) is 4.28. The van der Waals surface area contributed by atoms with E-state index in [2.05, 4.69) is 16.3 Å². The van der Waals surface area contributed by atoms with Crippen molar-refractivity contribution < 1.29 is 17.6 Å². The van der Waals surface area contributed by atoms with Gasteiger partial charge in [0.15, 0.2) is 11.5 Å². The van der Waals surface area contributed by atoms with Crippen LogP contribution in [0.3, 0.4) is 0 Å². The first kappa shape index (κ1) is 18.7. The second kappa shape index (κ2) is 7.38. The maximum absolute atomic E-state index is 12.6. The minimum absolute atomic E-state index is 0.115. The highest BCUT2D eigenvalue weighted by Gasteiger charge is 2.19. The van der Waals surface area contributed by atoms with Crippen LogP contribution in [-0.2, 0) is 14.8 Å². The van der Waals surface area contributed by atoms with Crippen LogP contribution < -0.4 is 15.1 Å². The number of thiophene rings is 1. The van der Waals surface area contributed by atoms with Gasteiger partial charge in [-0.05, 0) is 6.07 Å². The van der Waals surface area contributed by atoms with E-state index in [0.717, 1.165) is 5.41 Å². The Bertz CT molecular complexity index is 1190. The van der Waals surface area contributed by atoms with Gasteiger partial charge in [0.05, 0.1) is 25.1 Å². The average Bonchev–Trinajstić information content (AvgIpc) is 3.13. The van der Waals surface area contributed by atoms with Crippen molar-refractivity contribution in [1.29, 1.82) is 0 Å². The lowest BCUT2D eigenvalue weighted by Gasteiger charge is -2.27. The third kappa shape index (κ3) is 3.66. The molecule has 146 valence electrons. The number of ether oxygens (including phenoxy) is 1. The van der Waals surface area contributed by atoms with Crippen molar-refractivity contribution in [3.63, 3.8) is 0 Å². The SMILES string of the molecule is C=CS(=O)(=O)Nc1cncc(-c2csc3c(=O)cc(N4CCOCC4)oc23)c1. The van der Waals surface area contributed by atoms with Crippen molar-refractivity contribution in [2.45, 2.75) is 0 Å². The Morgan fingerprint density at radius 1 is 1.25 bits per heavy atom. The standard InChI is InChI=1S/C18H17N3O5S2/c1-2-28(23,24)20-13-7-12(9-19-10-13)14-11-27-18-15(22)8-16(26-17(14)18)21-3-5-25-6-4-21/h2,7-11,20H,1,3-6H2. The van der Waals surface area contributed by atoms with Gasteiger partial charge in [-0.15, -0.1) is 11.3 Å². The fraction of sp³-hybridized carbons (Fsp3) is 0.222. The van der Waals surface area contributed by atoms with Crippen molar-refractivity contribution in [2.75, 3.05) is 35.9 Å². The molecule has 1 saturated heterocycles. The van der Waals surface area contributed by atoms with E-state index in [1.54, 1.807) is 12.3 Å². The maximum atomic E-state index is 12.6. The van der Waals surface area contributed by atoms with Crippen LogP contribution in [0.2, 0.25) is 0 Å². The van der Waals surface area contributed by atoms with E-state index in [0.29, 0.717) is 59.3 Å². The zero-order valence-corrected chi connectivity index (χ0v) is 16.4. The summed E-state index contributed by atoms with van der Waals surface area (Å²) in [5.74, 6) is 0.497. The topological polar surface area (TPSA) is 102 Å². The molecule has 0 spiro atoms. The predicted molar refractivity (Wildman–Crippen MR) is 109 cm³/mol. The summed E-state index contributed by atoms with van der Waals surface area (Å²) in [6.45, 7) is 5.72. The monoisotopic (exact) mass is 419 g/mol. The zero-order valence-electron chi connectivity index (χ0n) is 14.8. The molecule has 0 atom stereocenters. The first-order valence-electron chi connectivity index (χ1n) is 8.45. The molecule has 4 heterocycles. The summed E-state index contributed by atoms with van der Waals surface area (Å²) in [7, 11) is -3.64. The average molecular weight is 419 g/mol. The molecular formula is C18H17N3O5S2. The lowest BCUT2D eigenvalue weighted by Crippen LogP contribution is -2.36. The van der Waals surface area contributed by atoms with Crippen LogP contribution in [0.15, 0.2) is 51.1 Å². The Kier molecular flexibility index (Phi) is 4.92. The van der Waals surface area contributed by atoms with Gasteiger partial charge < -0.3 is 14.1 Å². The first-order valence-corrected chi connectivity index (χ1v) is 10.9. The number of sulfonamides is 1. The molecule has 1 N–H and O–H groups in total. The van der Waals surface area contributed by atoms with Gasteiger partial charge in [-0.2, -0.15) is 0 Å². The molecule has 3 aromatic rings. The maximum Gasteiger partial charge on any atom is 0.254 e. The fourth-order valence-electron chi connectivity index (χ4n) is 2.92. The number of morpholine rings is 1. The molecule has 3 aromatic heterocycles. The molecule has 8 nitrogen and oxygen atoms in total. The number of pyridine rings is 1. The minimum atomic E-state index is -3.64. The van der Waals surface area contributed by atoms with Crippen LogP contribution in [0.25, 0.3) is 21.4 Å². The third-order valence-corrected chi connectivity index (χ3v) is 6.22. The first-order chi connectivity index (χ1) is 13.5. The van der Waals surface area contributed by atoms with E-state index in [1.165, 1.54) is 23.6 Å². The molecule has 10 heteroatoms. The van der Waals surface area contributed by atoms with Crippen molar-refractivity contribution in [1.82, 2.24) is 4.98 Å². The van der Waals surface area contributed by atoms with Gasteiger partial charge in [0.2, 0.25) is 5.43 Å². The van der Waals surface area contributed by atoms with Crippen LogP contribution in [0.4, 0.5) is 11.6 Å². The highest BCUT2D eigenvalue weighted by molar-refractivity contribution is 7.95. The molecule has 0 radical (unpaired) electrons. The number of rotatable bonds is 5. The number of nitrogens with one attached hydrogen (secondary N) is 1. The van der Waals surface area contributed by atoms with Crippen molar-refractivity contribution >= 4 is 43.2 Å². The molecule has 0 bridgehead atoms. The van der Waals surface area contributed by atoms with E-state index in [9.17, 15) is 13.2 Å². The van der Waals surface area contributed by atoms with E-state index in [-0.39, 0.29) is 5.43 Å². The Balaban J connectivity index is 1.78. The Morgan fingerprint density at radius 2 is 2.04 bits per heavy atom. The normalized spacial score (nSPS) is 14.9. The summed E-state index contributed by atoms with van der Waals surface area (Å²) in [4.78, 5) is 18.6. The number of anilines is 2. The summed E-state index contributed by atoms with van der Waals surface area (Å²) < 4.78 is 37.7. The molecular weight excluding hydrogens is 402 g/mol. The predicted octanol–water partition coefficient (Wildman–Crippen LogP) is 2.64. The summed E-state index contributed by atoms with van der Waals surface area (Å²) in [6.07, 6.45) is 2.99. The number of aromatic nitrogens is 1. The summed E-state index contributed by atoms with van der Waals surface area (Å²) in [5, 5.41) is 2.63. The Hall–Kier alpha value is -2.69. The van der Waals surface area contributed by atoms with Crippen molar-refractivity contribution in [3.8, 4) is 11.1 Å². The molecule has 1 aliphatic rings. The highest BCUT2D eigenvalue weighted by Crippen LogP contribution is 2.35. The Labute approximate surface area is 165 Å². The van der Waals surface area contributed by atoms with Crippen molar-refractivity contribution in [3.05, 3.63) is 52.1 Å². The van der Waals surface area contributed by atoms with E-state index in [4.69, 9.17) is 9.15 Å². The van der Waals surface area contributed by atoms with Gasteiger partial charge in [0, 0.05) is 47.3 Å². The number of nitrogens with zero attached hydrogens (tertiary/aromatic N) is 2. The fourth-order valence-corrected chi connectivity index (χ4v) is 4.35. The van der Waals surface area contributed by atoms with Gasteiger partial charge in [-0.3, -0.25) is 14.5 Å². The number of hydrogen-bond acceptors (Lipinski definition) is 8. The van der Waals surface area contributed by atoms with Crippen LogP contribution in [-0.4, -0.2) is 39.7 Å². The van der Waals surface area contributed by atoms with Crippen LogP contribution >= 0.6 is 11.3 Å². The molecule has 0 aliphatic carbocycles. The number of hydrogen-bond donors (Lipinski definition) is 1. The Morgan fingerprint density at radius 3 is 2.79 bits per heavy atom. The summed E-state index contributed by atoms with van der Waals surface area (Å²) >= 11 is 1.28. The molecule has 0 amide bonds. The highest BCUT2D eigenvalue weighted by atomic mass is 32.2. The molecule has 0 saturated carbocycles. The molecule has 4 rings (SSSR count). The lowest BCUT2D eigenvalue weighted by atomic mass is 10.1. The summed E-state index contributed by atoms with van der Waals surface area (Å²) in [5.41, 5.74) is 1.96. The minimum Gasteiger partial charge on any atom is -0.439 e. The van der Waals surface area contributed by atoms with Crippen LogP contribution in [0, 0.1) is 0 Å². The van der Waals surface area contributed by atoms with Gasteiger partial charge in [0.1, 0.15) is 4.70 Å². The molecule has 28 heavy (non-hydrogen) atoms. The van der Waals surface area contributed by atoms with Crippen molar-refractivity contribution in [2.24, 2.45) is 0 Å². The van der Waals surface area contributed by atoms with Crippen LogP contribution in [0.1, 0.15) is 0 Å². The second-order valence-electron chi connectivity index (χ2n) is 6.13. The van der Waals surface area contributed by atoms with Gasteiger partial charge in [0.25, 0.3) is 10.0 Å². The zero-order chi connectivity index (χ0) is 19.7. The molecule has 1 fully saturated rings. The smallest absolute Gasteiger partial charge is 0.254 e. The molecule has 1 aliphatic heterocycles. The quantitative estimate of drug-likeness (QED) is 0.678. The van der Waals surface area contributed by atoms with Gasteiger partial charge in [-0.1, -0.05) is 6.58 Å². The largest absolute Gasteiger partial charge is 0.439 e. The lowest BCUT2D eigenvalue weighted by molar-refractivity contribution is 0.121. The molecule has 0 unspecified atom stereocenters.